The Balaban J connectivity index is 1.73. The lowest BCUT2D eigenvalue weighted by Crippen LogP contribution is -2.45. The van der Waals surface area contributed by atoms with Crippen LogP contribution in [0, 0.1) is 0 Å². The maximum atomic E-state index is 9.49. The van der Waals surface area contributed by atoms with Gasteiger partial charge in [0.25, 0.3) is 0 Å². The topological polar surface area (TPSA) is 38.7 Å². The summed E-state index contributed by atoms with van der Waals surface area (Å²) in [5.74, 6) is 0.790. The molecule has 2 aliphatic rings. The summed E-state index contributed by atoms with van der Waals surface area (Å²) in [6.45, 7) is 0.784. The van der Waals surface area contributed by atoms with Gasteiger partial charge in [-0.15, -0.1) is 0 Å². The van der Waals surface area contributed by atoms with Crippen LogP contribution in [0.1, 0.15) is 50.5 Å². The molecule has 1 spiro atoms. The van der Waals surface area contributed by atoms with Gasteiger partial charge in [0.05, 0.1) is 23.3 Å². The van der Waals surface area contributed by atoms with Crippen LogP contribution in [0.2, 0.25) is 0 Å². The molecule has 0 amide bonds. The number of halogens is 1. The Bertz CT molecular complexity index is 477. The van der Waals surface area contributed by atoms with E-state index < -0.39 is 0 Å². The lowest BCUT2D eigenvalue weighted by Gasteiger charge is -2.43. The Morgan fingerprint density at radius 1 is 1.29 bits per heavy atom. The summed E-state index contributed by atoms with van der Waals surface area (Å²) in [7, 11) is 0. The molecule has 1 atom stereocenters. The van der Waals surface area contributed by atoms with E-state index in [-0.39, 0.29) is 18.3 Å². The van der Waals surface area contributed by atoms with Crippen LogP contribution in [-0.2, 0) is 11.3 Å². The highest BCUT2D eigenvalue weighted by Crippen LogP contribution is 2.40. The first-order valence-electron chi connectivity index (χ1n) is 7.91. The van der Waals surface area contributed by atoms with Crippen LogP contribution in [-0.4, -0.2) is 23.4 Å². The third-order valence-electron chi connectivity index (χ3n) is 4.72. The van der Waals surface area contributed by atoms with E-state index in [2.05, 4.69) is 15.9 Å². The van der Waals surface area contributed by atoms with E-state index in [1.165, 1.54) is 19.3 Å². The minimum absolute atomic E-state index is 0.00311. The number of hydrogen-bond acceptors (Lipinski definition) is 3. The molecule has 1 saturated carbocycles. The molecule has 116 valence electrons. The van der Waals surface area contributed by atoms with Gasteiger partial charge in [0, 0.05) is 18.4 Å². The fourth-order valence-electron chi connectivity index (χ4n) is 3.60. The molecule has 3 rings (SSSR count). The maximum Gasteiger partial charge on any atom is 0.139 e. The van der Waals surface area contributed by atoms with Crippen molar-refractivity contribution in [1.82, 2.24) is 0 Å². The van der Waals surface area contributed by atoms with Gasteiger partial charge in [0.15, 0.2) is 0 Å². The Morgan fingerprint density at radius 3 is 2.86 bits per heavy atom. The van der Waals surface area contributed by atoms with Gasteiger partial charge in [-0.1, -0.05) is 31.4 Å². The number of aliphatic hydroxyl groups excluding tert-OH is 1. The molecule has 21 heavy (non-hydrogen) atoms. The second kappa shape index (κ2) is 6.67. The molecular weight excluding hydrogens is 332 g/mol. The Morgan fingerprint density at radius 2 is 2.10 bits per heavy atom. The summed E-state index contributed by atoms with van der Waals surface area (Å²) in [6, 6.07) is 5.80. The van der Waals surface area contributed by atoms with E-state index in [9.17, 15) is 5.11 Å². The SMILES string of the molecule is OCc1cccc(Br)c1OC1CCOC2(CCCCC2)C1. The van der Waals surface area contributed by atoms with Gasteiger partial charge in [-0.05, 0) is 34.8 Å². The summed E-state index contributed by atoms with van der Waals surface area (Å²) in [4.78, 5) is 0. The minimum Gasteiger partial charge on any atom is -0.489 e. The molecule has 0 aromatic heterocycles. The Hall–Kier alpha value is -0.580. The van der Waals surface area contributed by atoms with Crippen LogP contribution in [0.4, 0.5) is 0 Å². The van der Waals surface area contributed by atoms with E-state index in [0.29, 0.717) is 0 Å². The van der Waals surface area contributed by atoms with Gasteiger partial charge >= 0.3 is 0 Å². The van der Waals surface area contributed by atoms with Crippen molar-refractivity contribution < 1.29 is 14.6 Å². The molecule has 1 aliphatic heterocycles. The number of hydrogen-bond donors (Lipinski definition) is 1. The number of para-hydroxylation sites is 1. The second-order valence-electron chi connectivity index (χ2n) is 6.21. The lowest BCUT2D eigenvalue weighted by molar-refractivity contribution is -0.130. The van der Waals surface area contributed by atoms with Crippen molar-refractivity contribution in [2.45, 2.75) is 63.3 Å². The highest BCUT2D eigenvalue weighted by atomic mass is 79.9. The molecule has 1 unspecified atom stereocenters. The summed E-state index contributed by atoms with van der Waals surface area (Å²) in [5, 5.41) is 9.49. The Labute approximate surface area is 134 Å². The maximum absolute atomic E-state index is 9.49. The number of ether oxygens (including phenoxy) is 2. The van der Waals surface area contributed by atoms with Gasteiger partial charge in [-0.2, -0.15) is 0 Å². The van der Waals surface area contributed by atoms with Gasteiger partial charge in [-0.25, -0.2) is 0 Å². The van der Waals surface area contributed by atoms with Crippen molar-refractivity contribution in [2.75, 3.05) is 6.61 Å². The zero-order valence-electron chi connectivity index (χ0n) is 12.3. The van der Waals surface area contributed by atoms with Crippen molar-refractivity contribution in [2.24, 2.45) is 0 Å². The first-order valence-corrected chi connectivity index (χ1v) is 8.71. The predicted octanol–water partition coefficient (Wildman–Crippen LogP) is 4.20. The van der Waals surface area contributed by atoms with Crippen LogP contribution in [0.5, 0.6) is 5.75 Å². The average molecular weight is 355 g/mol. The lowest BCUT2D eigenvalue weighted by atomic mass is 9.79. The molecule has 1 heterocycles. The number of aliphatic hydroxyl groups is 1. The van der Waals surface area contributed by atoms with Crippen molar-refractivity contribution in [3.8, 4) is 5.75 Å². The quantitative estimate of drug-likeness (QED) is 0.883. The van der Waals surface area contributed by atoms with Gasteiger partial charge in [0.1, 0.15) is 11.9 Å². The smallest absolute Gasteiger partial charge is 0.139 e. The standard InChI is InChI=1S/C17H23BrO3/c18-15-6-4-5-13(12-19)16(15)21-14-7-10-20-17(11-14)8-2-1-3-9-17/h4-6,14,19H,1-3,7-12H2. The van der Waals surface area contributed by atoms with Crippen LogP contribution in [0.15, 0.2) is 22.7 Å². The summed E-state index contributed by atoms with van der Waals surface area (Å²) in [6.07, 6.45) is 8.27. The third-order valence-corrected chi connectivity index (χ3v) is 5.34. The first-order chi connectivity index (χ1) is 10.2. The van der Waals surface area contributed by atoms with E-state index in [1.54, 1.807) is 0 Å². The predicted molar refractivity (Wildman–Crippen MR) is 85.5 cm³/mol. The fraction of sp³-hybridized carbons (Fsp3) is 0.647. The van der Waals surface area contributed by atoms with Crippen molar-refractivity contribution >= 4 is 15.9 Å². The molecule has 1 aromatic rings. The number of benzene rings is 1. The van der Waals surface area contributed by atoms with Crippen LogP contribution >= 0.6 is 15.9 Å². The highest BCUT2D eigenvalue weighted by Gasteiger charge is 2.39. The van der Waals surface area contributed by atoms with Gasteiger partial charge < -0.3 is 14.6 Å². The summed E-state index contributed by atoms with van der Waals surface area (Å²) in [5.41, 5.74) is 0.885. The monoisotopic (exact) mass is 354 g/mol. The van der Waals surface area contributed by atoms with Crippen molar-refractivity contribution in [1.29, 1.82) is 0 Å². The van der Waals surface area contributed by atoms with Gasteiger partial charge in [0.2, 0.25) is 0 Å². The molecule has 1 aliphatic carbocycles. The summed E-state index contributed by atoms with van der Waals surface area (Å²) < 4.78 is 13.3. The Kier molecular flexibility index (Phi) is 4.87. The number of rotatable bonds is 3. The zero-order valence-corrected chi connectivity index (χ0v) is 13.9. The molecule has 1 saturated heterocycles. The molecule has 2 fully saturated rings. The van der Waals surface area contributed by atoms with Crippen molar-refractivity contribution in [3.63, 3.8) is 0 Å². The molecule has 0 bridgehead atoms. The van der Waals surface area contributed by atoms with E-state index in [0.717, 1.165) is 48.1 Å². The van der Waals surface area contributed by atoms with Crippen molar-refractivity contribution in [3.05, 3.63) is 28.2 Å². The molecule has 4 heteroatoms. The average Bonchev–Trinajstić information content (AvgIpc) is 2.50. The molecule has 0 radical (unpaired) electrons. The highest BCUT2D eigenvalue weighted by molar-refractivity contribution is 9.10. The minimum atomic E-state index is 0.00311. The van der Waals surface area contributed by atoms with Crippen LogP contribution in [0.25, 0.3) is 0 Å². The zero-order chi connectivity index (χ0) is 14.7. The molecule has 1 N–H and O–H groups in total. The largest absolute Gasteiger partial charge is 0.489 e. The third kappa shape index (κ3) is 3.43. The fourth-order valence-corrected chi connectivity index (χ4v) is 4.11. The van der Waals surface area contributed by atoms with Crippen LogP contribution in [0.3, 0.4) is 0 Å². The van der Waals surface area contributed by atoms with E-state index >= 15 is 0 Å². The first kappa shape index (κ1) is 15.3. The van der Waals surface area contributed by atoms with Gasteiger partial charge in [-0.3, -0.25) is 0 Å². The molecule has 3 nitrogen and oxygen atoms in total. The second-order valence-corrected chi connectivity index (χ2v) is 7.07. The molecule has 1 aromatic carbocycles. The summed E-state index contributed by atoms with van der Waals surface area (Å²) >= 11 is 3.53. The van der Waals surface area contributed by atoms with E-state index in [1.807, 2.05) is 18.2 Å². The normalized spacial score (nSPS) is 25.0. The molecular formula is C17H23BrO3. The van der Waals surface area contributed by atoms with Crippen LogP contribution < -0.4 is 4.74 Å². The van der Waals surface area contributed by atoms with E-state index in [4.69, 9.17) is 9.47 Å².